The summed E-state index contributed by atoms with van der Waals surface area (Å²) in [7, 11) is 1.79. The van der Waals surface area contributed by atoms with Crippen molar-refractivity contribution >= 4 is 63.1 Å². The molecule has 1 amide bonds. The SMILES string of the molecule is CN=C(NCc1ccc(Br)s1)NC1CCN(C(=O)C2CCCC2)C1.I. The third-order valence-corrected chi connectivity index (χ3v) is 6.45. The molecule has 0 aromatic carbocycles. The fourth-order valence-corrected chi connectivity index (χ4v) is 4.94. The average Bonchev–Trinajstić information content (AvgIpc) is 3.32. The zero-order chi connectivity index (χ0) is 16.9. The Morgan fingerprint density at radius 3 is 2.76 bits per heavy atom. The fourth-order valence-electron chi connectivity index (χ4n) is 3.51. The van der Waals surface area contributed by atoms with E-state index >= 15 is 0 Å². The van der Waals surface area contributed by atoms with Crippen molar-refractivity contribution < 1.29 is 4.79 Å². The molecule has 2 N–H and O–H groups in total. The van der Waals surface area contributed by atoms with Gasteiger partial charge in [0.05, 0.1) is 10.3 Å². The summed E-state index contributed by atoms with van der Waals surface area (Å²) in [5, 5.41) is 6.81. The van der Waals surface area contributed by atoms with Gasteiger partial charge in [0.15, 0.2) is 5.96 Å². The monoisotopic (exact) mass is 540 g/mol. The van der Waals surface area contributed by atoms with Gasteiger partial charge in [0, 0.05) is 37.0 Å². The highest BCUT2D eigenvalue weighted by Gasteiger charge is 2.32. The van der Waals surface area contributed by atoms with Crippen LogP contribution in [-0.4, -0.2) is 42.9 Å². The van der Waals surface area contributed by atoms with Crippen LogP contribution in [0.5, 0.6) is 0 Å². The number of nitrogens with zero attached hydrogens (tertiary/aromatic N) is 2. The standard InChI is InChI=1S/C17H25BrN4OS.HI/c1-19-17(20-10-14-6-7-15(18)24-14)21-13-8-9-22(11-13)16(23)12-4-2-3-5-12;/h6-7,12-13H,2-5,8-11H2,1H3,(H2,19,20,21);1H. The van der Waals surface area contributed by atoms with Crippen molar-refractivity contribution in [3.63, 3.8) is 0 Å². The Kier molecular flexibility index (Phi) is 8.47. The minimum atomic E-state index is 0. The summed E-state index contributed by atoms with van der Waals surface area (Å²) in [6.07, 6.45) is 5.56. The van der Waals surface area contributed by atoms with Crippen LogP contribution in [0.1, 0.15) is 37.0 Å². The maximum absolute atomic E-state index is 12.5. The second-order valence-electron chi connectivity index (χ2n) is 6.53. The van der Waals surface area contributed by atoms with Gasteiger partial charge in [-0.2, -0.15) is 0 Å². The summed E-state index contributed by atoms with van der Waals surface area (Å²) in [5.41, 5.74) is 0. The second kappa shape index (κ2) is 10.1. The van der Waals surface area contributed by atoms with Crippen LogP contribution in [0.15, 0.2) is 20.9 Å². The summed E-state index contributed by atoms with van der Waals surface area (Å²) < 4.78 is 1.14. The summed E-state index contributed by atoms with van der Waals surface area (Å²) in [6, 6.07) is 4.45. The van der Waals surface area contributed by atoms with Gasteiger partial charge < -0.3 is 15.5 Å². The maximum Gasteiger partial charge on any atom is 0.225 e. The first-order valence-electron chi connectivity index (χ1n) is 8.66. The third-order valence-electron chi connectivity index (χ3n) is 4.83. The Labute approximate surface area is 179 Å². The second-order valence-corrected chi connectivity index (χ2v) is 9.07. The first-order chi connectivity index (χ1) is 11.7. The molecule has 8 heteroatoms. The molecule has 0 radical (unpaired) electrons. The van der Waals surface area contributed by atoms with Crippen LogP contribution < -0.4 is 10.6 Å². The van der Waals surface area contributed by atoms with Crippen molar-refractivity contribution in [2.45, 2.75) is 44.7 Å². The lowest BCUT2D eigenvalue weighted by Crippen LogP contribution is -2.45. The number of amides is 1. The Morgan fingerprint density at radius 2 is 2.12 bits per heavy atom. The molecule has 3 rings (SSSR count). The molecule has 0 spiro atoms. The van der Waals surface area contributed by atoms with E-state index in [0.717, 1.165) is 48.6 Å². The van der Waals surface area contributed by atoms with Gasteiger partial charge in [-0.1, -0.05) is 12.8 Å². The lowest BCUT2D eigenvalue weighted by Gasteiger charge is -2.21. The number of hydrogen-bond donors (Lipinski definition) is 2. The Morgan fingerprint density at radius 1 is 1.36 bits per heavy atom. The van der Waals surface area contributed by atoms with Crippen LogP contribution in [0.3, 0.4) is 0 Å². The number of rotatable bonds is 4. The number of nitrogens with one attached hydrogen (secondary N) is 2. The van der Waals surface area contributed by atoms with E-state index in [1.54, 1.807) is 18.4 Å². The number of halogens is 2. The number of carbonyl (C=O) groups is 1. The van der Waals surface area contributed by atoms with Crippen LogP contribution in [0.25, 0.3) is 0 Å². The van der Waals surface area contributed by atoms with Gasteiger partial charge in [0.1, 0.15) is 0 Å². The van der Waals surface area contributed by atoms with Gasteiger partial charge in [0.2, 0.25) is 5.91 Å². The molecular formula is C17H26BrIN4OS. The molecule has 1 atom stereocenters. The molecule has 1 saturated carbocycles. The largest absolute Gasteiger partial charge is 0.352 e. The molecule has 1 aromatic rings. The summed E-state index contributed by atoms with van der Waals surface area (Å²) in [6.45, 7) is 2.41. The van der Waals surface area contributed by atoms with Gasteiger partial charge in [-0.25, -0.2) is 0 Å². The summed E-state index contributed by atoms with van der Waals surface area (Å²) >= 11 is 5.20. The van der Waals surface area contributed by atoms with E-state index < -0.39 is 0 Å². The summed E-state index contributed by atoms with van der Waals surface area (Å²) in [4.78, 5) is 20.1. The van der Waals surface area contributed by atoms with Crippen LogP contribution in [0.4, 0.5) is 0 Å². The molecule has 140 valence electrons. The average molecular weight is 541 g/mol. The van der Waals surface area contributed by atoms with E-state index in [1.807, 2.05) is 4.90 Å². The van der Waals surface area contributed by atoms with Crippen LogP contribution in [-0.2, 0) is 11.3 Å². The van der Waals surface area contributed by atoms with Crippen molar-refractivity contribution in [1.29, 1.82) is 0 Å². The molecule has 2 heterocycles. The Bertz CT molecular complexity index is 603. The lowest BCUT2D eigenvalue weighted by atomic mass is 10.1. The molecule has 1 aromatic heterocycles. The number of hydrogen-bond acceptors (Lipinski definition) is 3. The van der Waals surface area contributed by atoms with Gasteiger partial charge in [-0.05, 0) is 47.3 Å². The third kappa shape index (κ3) is 5.82. The van der Waals surface area contributed by atoms with Gasteiger partial charge in [0.25, 0.3) is 0 Å². The highest BCUT2D eigenvalue weighted by Crippen LogP contribution is 2.27. The molecule has 1 aliphatic heterocycles. The summed E-state index contributed by atoms with van der Waals surface area (Å²) in [5.74, 6) is 1.45. The topological polar surface area (TPSA) is 56.7 Å². The van der Waals surface area contributed by atoms with E-state index in [2.05, 4.69) is 43.7 Å². The maximum atomic E-state index is 12.5. The van der Waals surface area contributed by atoms with E-state index in [0.29, 0.717) is 5.91 Å². The van der Waals surface area contributed by atoms with E-state index in [-0.39, 0.29) is 35.9 Å². The zero-order valence-corrected chi connectivity index (χ0v) is 19.2. The minimum absolute atomic E-state index is 0. The van der Waals surface area contributed by atoms with Crippen molar-refractivity contribution in [2.75, 3.05) is 20.1 Å². The van der Waals surface area contributed by atoms with Crippen molar-refractivity contribution in [2.24, 2.45) is 10.9 Å². The van der Waals surface area contributed by atoms with Gasteiger partial charge in [-0.15, -0.1) is 35.3 Å². The Hall–Kier alpha value is -0.350. The van der Waals surface area contributed by atoms with Crippen molar-refractivity contribution in [3.8, 4) is 0 Å². The molecule has 1 saturated heterocycles. The van der Waals surface area contributed by atoms with Crippen molar-refractivity contribution in [3.05, 3.63) is 20.8 Å². The minimum Gasteiger partial charge on any atom is -0.352 e. The number of aliphatic imine (C=N–C) groups is 1. The molecule has 0 bridgehead atoms. The Balaban J connectivity index is 0.00000225. The molecular weight excluding hydrogens is 515 g/mol. The zero-order valence-electron chi connectivity index (χ0n) is 14.5. The predicted molar refractivity (Wildman–Crippen MR) is 118 cm³/mol. The normalized spacial score (nSPS) is 21.3. The smallest absolute Gasteiger partial charge is 0.225 e. The quantitative estimate of drug-likeness (QED) is 0.348. The first kappa shape index (κ1) is 21.0. The van der Waals surface area contributed by atoms with E-state index in [9.17, 15) is 4.79 Å². The van der Waals surface area contributed by atoms with Crippen LogP contribution in [0.2, 0.25) is 0 Å². The van der Waals surface area contributed by atoms with E-state index in [1.165, 1.54) is 17.7 Å². The number of thiophene rings is 1. The van der Waals surface area contributed by atoms with Gasteiger partial charge in [-0.3, -0.25) is 9.79 Å². The highest BCUT2D eigenvalue weighted by atomic mass is 127. The molecule has 2 fully saturated rings. The van der Waals surface area contributed by atoms with Crippen molar-refractivity contribution in [1.82, 2.24) is 15.5 Å². The number of carbonyl (C=O) groups excluding carboxylic acids is 1. The van der Waals surface area contributed by atoms with Gasteiger partial charge >= 0.3 is 0 Å². The molecule has 2 aliphatic rings. The molecule has 5 nitrogen and oxygen atoms in total. The lowest BCUT2D eigenvalue weighted by molar-refractivity contribution is -0.134. The first-order valence-corrected chi connectivity index (χ1v) is 10.3. The van der Waals surface area contributed by atoms with Crippen LogP contribution >= 0.6 is 51.2 Å². The van der Waals surface area contributed by atoms with Crippen LogP contribution in [0, 0.1) is 5.92 Å². The molecule has 1 aliphatic carbocycles. The fraction of sp³-hybridized carbons (Fsp3) is 0.647. The van der Waals surface area contributed by atoms with E-state index in [4.69, 9.17) is 0 Å². The molecule has 25 heavy (non-hydrogen) atoms. The highest BCUT2D eigenvalue weighted by molar-refractivity contribution is 14.0. The number of likely N-dealkylation sites (tertiary alicyclic amines) is 1. The molecule has 1 unspecified atom stereocenters. The predicted octanol–water partition coefficient (Wildman–Crippen LogP) is 3.58. The number of guanidine groups is 1.